The molecule has 0 bridgehead atoms. The van der Waals surface area contributed by atoms with Gasteiger partial charge < -0.3 is 9.88 Å². The van der Waals surface area contributed by atoms with Crippen LogP contribution in [-0.2, 0) is 6.54 Å². The molecule has 2 heteroatoms. The van der Waals surface area contributed by atoms with Crippen LogP contribution >= 0.6 is 0 Å². The topological polar surface area (TPSA) is 17.0 Å². The summed E-state index contributed by atoms with van der Waals surface area (Å²) in [5.74, 6) is 0. The second kappa shape index (κ2) is 4.11. The van der Waals surface area contributed by atoms with E-state index in [1.54, 1.807) is 0 Å². The summed E-state index contributed by atoms with van der Waals surface area (Å²) in [5.41, 5.74) is 2.52. The third-order valence-corrected chi connectivity index (χ3v) is 2.19. The van der Waals surface area contributed by atoms with E-state index in [0.29, 0.717) is 0 Å². The molecule has 1 N–H and O–H groups in total. The molecular formula is C12H14N2. The molecule has 2 aromatic rings. The Balaban J connectivity index is 2.31. The average Bonchev–Trinajstić information content (AvgIpc) is 2.71. The fourth-order valence-corrected chi connectivity index (χ4v) is 1.54. The van der Waals surface area contributed by atoms with Crippen LogP contribution in [0.15, 0.2) is 48.8 Å². The molecule has 0 spiro atoms. The van der Waals surface area contributed by atoms with Crippen LogP contribution < -0.4 is 5.32 Å². The Morgan fingerprint density at radius 2 is 1.93 bits per heavy atom. The quantitative estimate of drug-likeness (QED) is 0.777. The van der Waals surface area contributed by atoms with Crippen molar-refractivity contribution in [2.75, 3.05) is 7.05 Å². The van der Waals surface area contributed by atoms with Crippen molar-refractivity contribution in [3.05, 3.63) is 54.4 Å². The Morgan fingerprint density at radius 3 is 2.64 bits per heavy atom. The maximum atomic E-state index is 3.15. The van der Waals surface area contributed by atoms with E-state index in [-0.39, 0.29) is 0 Å². The lowest BCUT2D eigenvalue weighted by Gasteiger charge is -2.05. The molecule has 0 radical (unpaired) electrons. The largest absolute Gasteiger partial charge is 0.324 e. The highest BCUT2D eigenvalue weighted by atomic mass is 14.9. The smallest absolute Gasteiger partial charge is 0.0452 e. The van der Waals surface area contributed by atoms with Gasteiger partial charge in [0.2, 0.25) is 0 Å². The molecule has 1 aromatic carbocycles. The van der Waals surface area contributed by atoms with Crippen LogP contribution in [0.2, 0.25) is 0 Å². The molecule has 0 aliphatic carbocycles. The van der Waals surface area contributed by atoms with E-state index < -0.39 is 0 Å². The number of benzene rings is 1. The monoisotopic (exact) mass is 186 g/mol. The summed E-state index contributed by atoms with van der Waals surface area (Å²) in [7, 11) is 1.96. The van der Waals surface area contributed by atoms with Crippen molar-refractivity contribution in [2.45, 2.75) is 6.54 Å². The van der Waals surface area contributed by atoms with E-state index in [4.69, 9.17) is 0 Å². The maximum Gasteiger partial charge on any atom is 0.0452 e. The number of rotatable bonds is 3. The number of hydrogen-bond acceptors (Lipinski definition) is 1. The van der Waals surface area contributed by atoms with Gasteiger partial charge in [-0.1, -0.05) is 12.1 Å². The van der Waals surface area contributed by atoms with Crippen molar-refractivity contribution in [3.8, 4) is 5.69 Å². The third kappa shape index (κ3) is 1.86. The van der Waals surface area contributed by atoms with Gasteiger partial charge in [0, 0.05) is 24.6 Å². The van der Waals surface area contributed by atoms with E-state index in [2.05, 4.69) is 46.5 Å². The van der Waals surface area contributed by atoms with E-state index in [1.165, 1.54) is 11.3 Å². The van der Waals surface area contributed by atoms with Crippen LogP contribution in [0.25, 0.3) is 5.69 Å². The van der Waals surface area contributed by atoms with Gasteiger partial charge in [0.1, 0.15) is 0 Å². The number of aromatic nitrogens is 1. The van der Waals surface area contributed by atoms with E-state index in [0.717, 1.165) is 6.54 Å². The zero-order chi connectivity index (χ0) is 9.80. The van der Waals surface area contributed by atoms with Gasteiger partial charge in [0.25, 0.3) is 0 Å². The zero-order valence-electron chi connectivity index (χ0n) is 8.27. The van der Waals surface area contributed by atoms with Gasteiger partial charge in [-0.3, -0.25) is 0 Å². The lowest BCUT2D eigenvalue weighted by atomic mass is 10.2. The summed E-state index contributed by atoms with van der Waals surface area (Å²) >= 11 is 0. The number of nitrogens with one attached hydrogen (secondary N) is 1. The minimum Gasteiger partial charge on any atom is -0.324 e. The van der Waals surface area contributed by atoms with Crippen LogP contribution in [0.5, 0.6) is 0 Å². The molecular weight excluding hydrogens is 172 g/mol. The van der Waals surface area contributed by atoms with Crippen molar-refractivity contribution in [3.63, 3.8) is 0 Å². The summed E-state index contributed by atoms with van der Waals surface area (Å²) in [4.78, 5) is 0. The minimum atomic E-state index is 0.912. The SMILES string of the molecule is CNCc1cccc(-n2cccc2)c1. The van der Waals surface area contributed by atoms with Crippen LogP contribution in [-0.4, -0.2) is 11.6 Å². The van der Waals surface area contributed by atoms with Gasteiger partial charge in [0.05, 0.1) is 0 Å². The van der Waals surface area contributed by atoms with Gasteiger partial charge in [-0.2, -0.15) is 0 Å². The fourth-order valence-electron chi connectivity index (χ4n) is 1.54. The molecule has 14 heavy (non-hydrogen) atoms. The van der Waals surface area contributed by atoms with E-state index in [1.807, 2.05) is 19.2 Å². The highest BCUT2D eigenvalue weighted by molar-refractivity contribution is 5.36. The number of nitrogens with zero attached hydrogens (tertiary/aromatic N) is 1. The Hall–Kier alpha value is -1.54. The van der Waals surface area contributed by atoms with Crippen molar-refractivity contribution in [1.82, 2.24) is 9.88 Å². The van der Waals surface area contributed by atoms with E-state index >= 15 is 0 Å². The molecule has 0 aliphatic rings. The average molecular weight is 186 g/mol. The van der Waals surface area contributed by atoms with Crippen molar-refractivity contribution >= 4 is 0 Å². The Bertz CT molecular complexity index is 390. The van der Waals surface area contributed by atoms with Gasteiger partial charge >= 0.3 is 0 Å². The normalized spacial score (nSPS) is 10.4. The van der Waals surface area contributed by atoms with Crippen LogP contribution in [0.3, 0.4) is 0 Å². The van der Waals surface area contributed by atoms with Gasteiger partial charge in [0.15, 0.2) is 0 Å². The molecule has 1 heterocycles. The Labute approximate surface area is 84.2 Å². The maximum absolute atomic E-state index is 3.15. The molecule has 0 fully saturated rings. The molecule has 2 rings (SSSR count). The van der Waals surface area contributed by atoms with Crippen LogP contribution in [0, 0.1) is 0 Å². The third-order valence-electron chi connectivity index (χ3n) is 2.19. The summed E-state index contributed by atoms with van der Waals surface area (Å²) in [6, 6.07) is 12.6. The zero-order valence-corrected chi connectivity index (χ0v) is 8.27. The van der Waals surface area contributed by atoms with Crippen LogP contribution in [0.4, 0.5) is 0 Å². The highest BCUT2D eigenvalue weighted by Gasteiger charge is 1.95. The molecule has 0 aliphatic heterocycles. The van der Waals surface area contributed by atoms with Crippen molar-refractivity contribution in [2.24, 2.45) is 0 Å². The molecule has 72 valence electrons. The first-order chi connectivity index (χ1) is 6.90. The summed E-state index contributed by atoms with van der Waals surface area (Å²) in [5, 5.41) is 3.15. The van der Waals surface area contributed by atoms with Crippen molar-refractivity contribution in [1.29, 1.82) is 0 Å². The first kappa shape index (κ1) is 9.03. The molecule has 0 saturated carbocycles. The minimum absolute atomic E-state index is 0.912. The standard InChI is InChI=1S/C12H14N2/c1-13-10-11-5-4-6-12(9-11)14-7-2-3-8-14/h2-9,13H,10H2,1H3. The summed E-state index contributed by atoms with van der Waals surface area (Å²) < 4.78 is 2.11. The first-order valence-electron chi connectivity index (χ1n) is 4.77. The first-order valence-corrected chi connectivity index (χ1v) is 4.77. The molecule has 0 amide bonds. The lowest BCUT2D eigenvalue weighted by molar-refractivity contribution is 0.816. The Kier molecular flexibility index (Phi) is 2.65. The summed E-state index contributed by atoms with van der Waals surface area (Å²) in [6.07, 6.45) is 4.11. The van der Waals surface area contributed by atoms with Crippen LogP contribution in [0.1, 0.15) is 5.56 Å². The number of hydrogen-bond donors (Lipinski definition) is 1. The lowest BCUT2D eigenvalue weighted by Crippen LogP contribution is -2.05. The molecule has 0 saturated heterocycles. The van der Waals surface area contributed by atoms with Gasteiger partial charge in [-0.25, -0.2) is 0 Å². The second-order valence-corrected chi connectivity index (χ2v) is 3.29. The molecule has 1 aromatic heterocycles. The van der Waals surface area contributed by atoms with E-state index in [9.17, 15) is 0 Å². The molecule has 0 atom stereocenters. The fraction of sp³-hybridized carbons (Fsp3) is 0.167. The second-order valence-electron chi connectivity index (χ2n) is 3.29. The predicted octanol–water partition coefficient (Wildman–Crippen LogP) is 2.20. The highest BCUT2D eigenvalue weighted by Crippen LogP contribution is 2.10. The molecule has 2 nitrogen and oxygen atoms in total. The van der Waals surface area contributed by atoms with Gasteiger partial charge in [-0.15, -0.1) is 0 Å². The van der Waals surface area contributed by atoms with Gasteiger partial charge in [-0.05, 0) is 36.9 Å². The molecule has 0 unspecified atom stereocenters. The Morgan fingerprint density at radius 1 is 1.14 bits per heavy atom. The van der Waals surface area contributed by atoms with Crippen molar-refractivity contribution < 1.29 is 0 Å². The predicted molar refractivity (Wildman–Crippen MR) is 58.5 cm³/mol. The summed E-state index contributed by atoms with van der Waals surface area (Å²) in [6.45, 7) is 0.912.